The third-order valence-electron chi connectivity index (χ3n) is 2.85. The maximum atomic E-state index is 5.29. The Kier molecular flexibility index (Phi) is 2.75. The molecular formula is C10H17N3O2. The Morgan fingerprint density at radius 1 is 1.53 bits per heavy atom. The summed E-state index contributed by atoms with van der Waals surface area (Å²) in [6, 6.07) is 0.221. The van der Waals surface area contributed by atoms with Gasteiger partial charge in [-0.05, 0) is 33.2 Å². The van der Waals surface area contributed by atoms with Gasteiger partial charge in [0.1, 0.15) is 5.60 Å². The Labute approximate surface area is 89.2 Å². The molecule has 1 saturated heterocycles. The molecule has 15 heavy (non-hydrogen) atoms. The molecule has 0 aliphatic carbocycles. The van der Waals surface area contributed by atoms with Gasteiger partial charge in [0.05, 0.1) is 6.04 Å². The van der Waals surface area contributed by atoms with Crippen LogP contribution in [0.15, 0.2) is 4.52 Å². The SMILES string of the molecule is COC(C)(C)c1noc([C@H]2CCCN2)n1. The van der Waals surface area contributed by atoms with E-state index in [1.165, 1.54) is 0 Å². The Hall–Kier alpha value is -0.940. The molecule has 5 nitrogen and oxygen atoms in total. The fourth-order valence-corrected chi connectivity index (χ4v) is 1.61. The maximum Gasteiger partial charge on any atom is 0.243 e. The number of ether oxygens (including phenoxy) is 1. The van der Waals surface area contributed by atoms with Crippen LogP contribution in [0.2, 0.25) is 0 Å². The first kappa shape index (κ1) is 10.6. The average Bonchev–Trinajstić information content (AvgIpc) is 2.88. The molecule has 0 saturated carbocycles. The van der Waals surface area contributed by atoms with Crippen LogP contribution in [0, 0.1) is 0 Å². The number of methoxy groups -OCH3 is 1. The van der Waals surface area contributed by atoms with Crippen LogP contribution in [0.4, 0.5) is 0 Å². The Balaban J connectivity index is 2.16. The van der Waals surface area contributed by atoms with E-state index >= 15 is 0 Å². The van der Waals surface area contributed by atoms with Gasteiger partial charge in [0.25, 0.3) is 0 Å². The third kappa shape index (κ3) is 2.03. The number of nitrogens with zero attached hydrogens (tertiary/aromatic N) is 2. The Morgan fingerprint density at radius 2 is 2.33 bits per heavy atom. The number of rotatable bonds is 3. The van der Waals surface area contributed by atoms with Crippen LogP contribution in [0.1, 0.15) is 44.4 Å². The summed E-state index contributed by atoms with van der Waals surface area (Å²) in [7, 11) is 1.64. The molecule has 0 unspecified atom stereocenters. The summed E-state index contributed by atoms with van der Waals surface area (Å²) in [6.45, 7) is 4.86. The molecular weight excluding hydrogens is 194 g/mol. The van der Waals surface area contributed by atoms with Crippen LogP contribution in [0.3, 0.4) is 0 Å². The van der Waals surface area contributed by atoms with Crippen molar-refractivity contribution in [2.75, 3.05) is 13.7 Å². The predicted octanol–water partition coefficient (Wildman–Crippen LogP) is 1.38. The van der Waals surface area contributed by atoms with Crippen molar-refractivity contribution in [3.63, 3.8) is 0 Å². The van der Waals surface area contributed by atoms with Crippen molar-refractivity contribution in [2.45, 2.75) is 38.3 Å². The molecule has 2 rings (SSSR count). The second-order valence-corrected chi connectivity index (χ2v) is 4.32. The molecule has 5 heteroatoms. The number of aromatic nitrogens is 2. The third-order valence-corrected chi connectivity index (χ3v) is 2.85. The first-order valence-corrected chi connectivity index (χ1v) is 5.26. The van der Waals surface area contributed by atoms with Gasteiger partial charge in [-0.1, -0.05) is 5.16 Å². The van der Waals surface area contributed by atoms with Crippen LogP contribution in [0.25, 0.3) is 0 Å². The van der Waals surface area contributed by atoms with E-state index in [9.17, 15) is 0 Å². The van der Waals surface area contributed by atoms with E-state index in [2.05, 4.69) is 15.5 Å². The second-order valence-electron chi connectivity index (χ2n) is 4.32. The molecule has 1 aliphatic rings. The highest BCUT2D eigenvalue weighted by Crippen LogP contribution is 2.25. The minimum Gasteiger partial charge on any atom is -0.371 e. The number of nitrogens with one attached hydrogen (secondary N) is 1. The molecule has 0 amide bonds. The molecule has 1 aromatic rings. The van der Waals surface area contributed by atoms with Crippen LogP contribution >= 0.6 is 0 Å². The van der Waals surface area contributed by atoms with Gasteiger partial charge in [-0.2, -0.15) is 4.98 Å². The maximum absolute atomic E-state index is 5.29. The van der Waals surface area contributed by atoms with Crippen molar-refractivity contribution in [1.82, 2.24) is 15.5 Å². The van der Waals surface area contributed by atoms with Gasteiger partial charge in [-0.25, -0.2) is 0 Å². The van der Waals surface area contributed by atoms with Crippen molar-refractivity contribution in [3.8, 4) is 0 Å². The van der Waals surface area contributed by atoms with Crippen molar-refractivity contribution in [3.05, 3.63) is 11.7 Å². The smallest absolute Gasteiger partial charge is 0.243 e. The minimum absolute atomic E-state index is 0.221. The second kappa shape index (κ2) is 3.90. The zero-order chi connectivity index (χ0) is 10.9. The van der Waals surface area contributed by atoms with E-state index < -0.39 is 5.60 Å². The number of hydrogen-bond acceptors (Lipinski definition) is 5. The van der Waals surface area contributed by atoms with Gasteiger partial charge in [-0.3, -0.25) is 0 Å². The molecule has 1 N–H and O–H groups in total. The standard InChI is InChI=1S/C10H17N3O2/c1-10(2,14-3)9-12-8(15-13-9)7-5-4-6-11-7/h7,11H,4-6H2,1-3H3/t7-/m1/s1. The van der Waals surface area contributed by atoms with Gasteiger partial charge in [-0.15, -0.1) is 0 Å². The van der Waals surface area contributed by atoms with Crippen LogP contribution in [-0.4, -0.2) is 23.8 Å². The number of hydrogen-bond donors (Lipinski definition) is 1. The molecule has 0 spiro atoms. The lowest BCUT2D eigenvalue weighted by Gasteiger charge is -2.17. The highest BCUT2D eigenvalue weighted by Gasteiger charge is 2.29. The Morgan fingerprint density at radius 3 is 2.93 bits per heavy atom. The zero-order valence-electron chi connectivity index (χ0n) is 9.41. The van der Waals surface area contributed by atoms with Crippen molar-refractivity contribution >= 4 is 0 Å². The Bertz CT molecular complexity index is 329. The topological polar surface area (TPSA) is 60.2 Å². The van der Waals surface area contributed by atoms with E-state index in [1.54, 1.807) is 7.11 Å². The van der Waals surface area contributed by atoms with E-state index in [0.29, 0.717) is 11.7 Å². The summed E-state index contributed by atoms with van der Waals surface area (Å²) in [6.07, 6.45) is 2.23. The zero-order valence-corrected chi connectivity index (χ0v) is 9.41. The highest BCUT2D eigenvalue weighted by molar-refractivity contribution is 5.01. The fourth-order valence-electron chi connectivity index (χ4n) is 1.61. The van der Waals surface area contributed by atoms with Gasteiger partial charge in [0.2, 0.25) is 11.7 Å². The minimum atomic E-state index is -0.486. The summed E-state index contributed by atoms with van der Waals surface area (Å²) in [5.41, 5.74) is -0.486. The van der Waals surface area contributed by atoms with Gasteiger partial charge in [0, 0.05) is 7.11 Å². The normalized spacial score (nSPS) is 22.2. The molecule has 2 heterocycles. The highest BCUT2D eigenvalue weighted by atomic mass is 16.5. The van der Waals surface area contributed by atoms with Gasteiger partial charge < -0.3 is 14.6 Å². The molecule has 1 fully saturated rings. The lowest BCUT2D eigenvalue weighted by Crippen LogP contribution is -2.21. The van der Waals surface area contributed by atoms with Crippen molar-refractivity contribution in [1.29, 1.82) is 0 Å². The molecule has 0 radical (unpaired) electrons. The molecule has 1 atom stereocenters. The van der Waals surface area contributed by atoms with Crippen molar-refractivity contribution < 1.29 is 9.26 Å². The fraction of sp³-hybridized carbons (Fsp3) is 0.800. The van der Waals surface area contributed by atoms with E-state index in [-0.39, 0.29) is 6.04 Å². The lowest BCUT2D eigenvalue weighted by atomic mass is 10.1. The summed E-state index contributed by atoms with van der Waals surface area (Å²) in [5.74, 6) is 1.28. The lowest BCUT2D eigenvalue weighted by molar-refractivity contribution is 0.00973. The predicted molar refractivity (Wildman–Crippen MR) is 54.3 cm³/mol. The average molecular weight is 211 g/mol. The molecule has 0 bridgehead atoms. The summed E-state index contributed by atoms with van der Waals surface area (Å²) in [5, 5.41) is 7.27. The summed E-state index contributed by atoms with van der Waals surface area (Å²) < 4.78 is 10.5. The van der Waals surface area contributed by atoms with Crippen LogP contribution < -0.4 is 5.32 Å². The first-order chi connectivity index (χ1) is 7.13. The summed E-state index contributed by atoms with van der Waals surface area (Å²) >= 11 is 0. The van der Waals surface area contributed by atoms with Gasteiger partial charge >= 0.3 is 0 Å². The van der Waals surface area contributed by atoms with E-state index in [0.717, 1.165) is 19.4 Å². The molecule has 1 aromatic heterocycles. The van der Waals surface area contributed by atoms with Crippen LogP contribution in [-0.2, 0) is 10.3 Å². The quantitative estimate of drug-likeness (QED) is 0.818. The summed E-state index contributed by atoms with van der Waals surface area (Å²) in [4.78, 5) is 4.37. The monoisotopic (exact) mass is 211 g/mol. The first-order valence-electron chi connectivity index (χ1n) is 5.26. The van der Waals surface area contributed by atoms with Gasteiger partial charge in [0.15, 0.2) is 0 Å². The molecule has 1 aliphatic heterocycles. The molecule has 84 valence electrons. The largest absolute Gasteiger partial charge is 0.371 e. The molecule has 0 aromatic carbocycles. The van der Waals surface area contributed by atoms with Crippen molar-refractivity contribution in [2.24, 2.45) is 0 Å². The van der Waals surface area contributed by atoms with E-state index in [4.69, 9.17) is 9.26 Å². The van der Waals surface area contributed by atoms with E-state index in [1.807, 2.05) is 13.8 Å². The van der Waals surface area contributed by atoms with Crippen LogP contribution in [0.5, 0.6) is 0 Å².